The van der Waals surface area contributed by atoms with E-state index < -0.39 is 17.7 Å². The predicted molar refractivity (Wildman–Crippen MR) is 96.2 cm³/mol. The molecule has 0 saturated carbocycles. The quantitative estimate of drug-likeness (QED) is 0.786. The molecule has 2 N–H and O–H groups in total. The molecule has 0 aliphatic heterocycles. The van der Waals surface area contributed by atoms with Gasteiger partial charge in [0.25, 0.3) is 0 Å². The van der Waals surface area contributed by atoms with Crippen molar-refractivity contribution in [3.05, 3.63) is 18.2 Å². The largest absolute Gasteiger partial charge is 0.490 e. The lowest BCUT2D eigenvalue weighted by Gasteiger charge is -2.21. The maximum absolute atomic E-state index is 12.2. The zero-order chi connectivity index (χ0) is 19.0. The molecule has 0 heterocycles. The molecule has 1 unspecified atom stereocenters. The SMILES string of the molecule is CCOc1ccc(NC(=O)C(C)NC(=O)OC(C)(C)C)cc1OCC. The summed E-state index contributed by atoms with van der Waals surface area (Å²) in [5.74, 6) is 0.801. The van der Waals surface area contributed by atoms with Crippen LogP contribution in [0.2, 0.25) is 0 Å². The Kier molecular flexibility index (Phi) is 7.54. The number of nitrogens with one attached hydrogen (secondary N) is 2. The molecule has 0 aliphatic rings. The van der Waals surface area contributed by atoms with E-state index in [1.807, 2.05) is 13.8 Å². The zero-order valence-corrected chi connectivity index (χ0v) is 15.8. The van der Waals surface area contributed by atoms with Crippen LogP contribution in [0.3, 0.4) is 0 Å². The lowest BCUT2D eigenvalue weighted by molar-refractivity contribution is -0.117. The molecule has 1 aromatic rings. The van der Waals surface area contributed by atoms with E-state index in [2.05, 4.69) is 10.6 Å². The summed E-state index contributed by atoms with van der Waals surface area (Å²) in [6.07, 6.45) is -0.642. The van der Waals surface area contributed by atoms with Crippen LogP contribution in [0, 0.1) is 0 Å². The molecule has 1 rings (SSSR count). The highest BCUT2D eigenvalue weighted by molar-refractivity contribution is 5.96. The van der Waals surface area contributed by atoms with Gasteiger partial charge in [-0.2, -0.15) is 0 Å². The number of rotatable bonds is 7. The number of benzene rings is 1. The number of carbonyl (C=O) groups is 2. The Morgan fingerprint density at radius 2 is 1.68 bits per heavy atom. The third kappa shape index (κ3) is 7.32. The van der Waals surface area contributed by atoms with Gasteiger partial charge in [-0.1, -0.05) is 0 Å². The first-order valence-electron chi connectivity index (χ1n) is 8.36. The van der Waals surface area contributed by atoms with Crippen molar-refractivity contribution >= 4 is 17.7 Å². The van der Waals surface area contributed by atoms with Crippen LogP contribution in [0.1, 0.15) is 41.5 Å². The average Bonchev–Trinajstić information content (AvgIpc) is 2.48. The van der Waals surface area contributed by atoms with Crippen LogP contribution in [-0.2, 0) is 9.53 Å². The molecule has 0 fully saturated rings. The normalized spacial score (nSPS) is 12.1. The summed E-state index contributed by atoms with van der Waals surface area (Å²) < 4.78 is 16.1. The van der Waals surface area contributed by atoms with Gasteiger partial charge < -0.3 is 24.8 Å². The predicted octanol–water partition coefficient (Wildman–Crippen LogP) is 3.34. The van der Waals surface area contributed by atoms with Gasteiger partial charge in [-0.25, -0.2) is 4.79 Å². The van der Waals surface area contributed by atoms with Crippen LogP contribution in [0.4, 0.5) is 10.5 Å². The smallest absolute Gasteiger partial charge is 0.408 e. The Balaban J connectivity index is 2.72. The van der Waals surface area contributed by atoms with Gasteiger partial charge in [0.05, 0.1) is 13.2 Å². The summed E-state index contributed by atoms with van der Waals surface area (Å²) in [5.41, 5.74) is -0.0725. The molecule has 25 heavy (non-hydrogen) atoms. The molecule has 0 aliphatic carbocycles. The maximum Gasteiger partial charge on any atom is 0.408 e. The molecular formula is C18H28N2O5. The van der Waals surface area contributed by atoms with Crippen molar-refractivity contribution in [1.82, 2.24) is 5.32 Å². The lowest BCUT2D eigenvalue weighted by atomic mass is 10.2. The van der Waals surface area contributed by atoms with E-state index >= 15 is 0 Å². The van der Waals surface area contributed by atoms with Gasteiger partial charge in [0.2, 0.25) is 5.91 Å². The van der Waals surface area contributed by atoms with E-state index in [0.29, 0.717) is 30.4 Å². The Hall–Kier alpha value is -2.44. The second-order valence-electron chi connectivity index (χ2n) is 6.38. The molecule has 7 heteroatoms. The number of hydrogen-bond donors (Lipinski definition) is 2. The minimum atomic E-state index is -0.753. The first kappa shape index (κ1) is 20.6. The summed E-state index contributed by atoms with van der Waals surface area (Å²) in [5, 5.41) is 5.23. The first-order valence-corrected chi connectivity index (χ1v) is 8.36. The number of amides is 2. The van der Waals surface area contributed by atoms with Crippen LogP contribution < -0.4 is 20.1 Å². The van der Waals surface area contributed by atoms with Crippen molar-refractivity contribution in [2.75, 3.05) is 18.5 Å². The van der Waals surface area contributed by atoms with Gasteiger partial charge in [0.15, 0.2) is 11.5 Å². The van der Waals surface area contributed by atoms with Crippen molar-refractivity contribution < 1.29 is 23.8 Å². The third-order valence-electron chi connectivity index (χ3n) is 2.94. The molecule has 0 saturated heterocycles. The van der Waals surface area contributed by atoms with Gasteiger partial charge in [-0.05, 0) is 53.7 Å². The van der Waals surface area contributed by atoms with Crippen LogP contribution in [0.25, 0.3) is 0 Å². The maximum atomic E-state index is 12.2. The summed E-state index contributed by atoms with van der Waals surface area (Å²) in [4.78, 5) is 24.0. The standard InChI is InChI=1S/C18H28N2O5/c1-7-23-14-10-9-13(11-15(14)24-8-2)20-16(21)12(3)19-17(22)25-18(4,5)6/h9-12H,7-8H2,1-6H3,(H,19,22)(H,20,21). The highest BCUT2D eigenvalue weighted by Gasteiger charge is 2.21. The van der Waals surface area contributed by atoms with E-state index in [4.69, 9.17) is 14.2 Å². The third-order valence-corrected chi connectivity index (χ3v) is 2.94. The summed E-state index contributed by atoms with van der Waals surface area (Å²) in [6, 6.07) is 4.38. The molecule has 1 aromatic carbocycles. The van der Waals surface area contributed by atoms with E-state index in [9.17, 15) is 9.59 Å². The van der Waals surface area contributed by atoms with Crippen LogP contribution in [0.5, 0.6) is 11.5 Å². The van der Waals surface area contributed by atoms with Crippen molar-refractivity contribution in [2.24, 2.45) is 0 Å². The van der Waals surface area contributed by atoms with Crippen molar-refractivity contribution in [2.45, 2.75) is 53.2 Å². The second-order valence-corrected chi connectivity index (χ2v) is 6.38. The van der Waals surface area contributed by atoms with Crippen LogP contribution in [0.15, 0.2) is 18.2 Å². The van der Waals surface area contributed by atoms with Gasteiger partial charge in [-0.15, -0.1) is 0 Å². The number of hydrogen-bond acceptors (Lipinski definition) is 5. The van der Waals surface area contributed by atoms with E-state index in [1.165, 1.54) is 0 Å². The molecule has 1 atom stereocenters. The molecule has 2 amide bonds. The fraction of sp³-hybridized carbons (Fsp3) is 0.556. The Morgan fingerprint density at radius 1 is 1.08 bits per heavy atom. The van der Waals surface area contributed by atoms with E-state index in [0.717, 1.165) is 0 Å². The minimum Gasteiger partial charge on any atom is -0.490 e. The average molecular weight is 352 g/mol. The van der Waals surface area contributed by atoms with E-state index in [1.54, 1.807) is 45.9 Å². The van der Waals surface area contributed by atoms with Gasteiger partial charge in [-0.3, -0.25) is 4.79 Å². The first-order chi connectivity index (χ1) is 11.7. The Labute approximate surface area is 149 Å². The topological polar surface area (TPSA) is 85.9 Å². The van der Waals surface area contributed by atoms with Gasteiger partial charge in [0, 0.05) is 11.8 Å². The molecule has 0 spiro atoms. The van der Waals surface area contributed by atoms with Gasteiger partial charge in [0.1, 0.15) is 11.6 Å². The second kappa shape index (κ2) is 9.15. The van der Waals surface area contributed by atoms with Crippen molar-refractivity contribution in [1.29, 1.82) is 0 Å². The molecule has 0 bridgehead atoms. The fourth-order valence-corrected chi connectivity index (χ4v) is 1.93. The Bertz CT molecular complexity index is 596. The van der Waals surface area contributed by atoms with Crippen LogP contribution >= 0.6 is 0 Å². The lowest BCUT2D eigenvalue weighted by Crippen LogP contribution is -2.43. The summed E-state index contributed by atoms with van der Waals surface area (Å²) >= 11 is 0. The van der Waals surface area contributed by atoms with Crippen molar-refractivity contribution in [3.8, 4) is 11.5 Å². The number of alkyl carbamates (subject to hydrolysis) is 1. The highest BCUT2D eigenvalue weighted by Crippen LogP contribution is 2.30. The molecule has 0 radical (unpaired) electrons. The number of anilines is 1. The number of carbonyl (C=O) groups excluding carboxylic acids is 2. The summed E-state index contributed by atoms with van der Waals surface area (Å²) in [7, 11) is 0. The fourth-order valence-electron chi connectivity index (χ4n) is 1.93. The molecule has 0 aromatic heterocycles. The minimum absolute atomic E-state index is 0.363. The van der Waals surface area contributed by atoms with Crippen LogP contribution in [-0.4, -0.2) is 36.9 Å². The highest BCUT2D eigenvalue weighted by atomic mass is 16.6. The van der Waals surface area contributed by atoms with Gasteiger partial charge >= 0.3 is 6.09 Å². The molecule has 7 nitrogen and oxygen atoms in total. The Morgan fingerprint density at radius 3 is 2.24 bits per heavy atom. The van der Waals surface area contributed by atoms with E-state index in [-0.39, 0.29) is 5.91 Å². The number of ether oxygens (including phenoxy) is 3. The monoisotopic (exact) mass is 352 g/mol. The summed E-state index contributed by atoms with van der Waals surface area (Å²) in [6.45, 7) is 11.6. The zero-order valence-electron chi connectivity index (χ0n) is 15.8. The van der Waals surface area contributed by atoms with Crippen molar-refractivity contribution in [3.63, 3.8) is 0 Å². The molecule has 140 valence electrons. The molecular weight excluding hydrogens is 324 g/mol.